The summed E-state index contributed by atoms with van der Waals surface area (Å²) in [5, 5.41) is 0. The fourth-order valence-electron chi connectivity index (χ4n) is 2.97. The number of ether oxygens (including phenoxy) is 1. The Morgan fingerprint density at radius 2 is 1.10 bits per heavy atom. The monoisotopic (exact) mass is 451 g/mol. The molecule has 0 aliphatic carbocycles. The van der Waals surface area contributed by atoms with Crippen LogP contribution < -0.4 is 0 Å². The molecule has 0 aromatic carbocycles. The molecule has 6 nitrogen and oxygen atoms in total. The number of hydrogen-bond donors (Lipinski definition) is 0. The zero-order valence-corrected chi connectivity index (χ0v) is 21.2. The Hall–Kier alpha value is -0.660. The summed E-state index contributed by atoms with van der Waals surface area (Å²) in [6.45, 7) is 3.70. The molecule has 0 radical (unpaired) electrons. The van der Waals surface area contributed by atoms with E-state index in [0.717, 1.165) is 17.4 Å². The van der Waals surface area contributed by atoms with Gasteiger partial charge in [-0.1, -0.05) is 90.4 Å². The Bertz CT molecular complexity index is 478. The van der Waals surface area contributed by atoms with Gasteiger partial charge >= 0.3 is 5.97 Å². The summed E-state index contributed by atoms with van der Waals surface area (Å²) in [6.07, 6.45) is 20.0. The Balaban J connectivity index is 0. The summed E-state index contributed by atoms with van der Waals surface area (Å²) in [5.41, 5.74) is 0. The minimum Gasteiger partial charge on any atom is -0.748 e. The zero-order chi connectivity index (χ0) is 23.3. The number of quaternary nitrogens is 1. The van der Waals surface area contributed by atoms with Crippen molar-refractivity contribution in [1.82, 2.24) is 0 Å². The molecule has 0 bridgehead atoms. The number of rotatable bonds is 18. The van der Waals surface area contributed by atoms with E-state index in [0.29, 0.717) is 19.3 Å². The summed E-state index contributed by atoms with van der Waals surface area (Å²) < 4.78 is 33.3. The average molecular weight is 452 g/mol. The molecule has 0 saturated heterocycles. The average Bonchev–Trinajstić information content (AvgIpc) is 2.59. The lowest BCUT2D eigenvalue weighted by atomic mass is 10.0. The Morgan fingerprint density at radius 3 is 1.43 bits per heavy atom. The Kier molecular flexibility index (Phi) is 21.3. The normalized spacial score (nSPS) is 11.7. The highest BCUT2D eigenvalue weighted by molar-refractivity contribution is 7.84. The quantitative estimate of drug-likeness (QED) is 0.123. The number of esters is 1. The third-order valence-electron chi connectivity index (χ3n) is 4.76. The molecule has 7 heteroatoms. The van der Waals surface area contributed by atoms with Crippen molar-refractivity contribution in [1.29, 1.82) is 0 Å². The van der Waals surface area contributed by atoms with Crippen molar-refractivity contribution in [2.24, 2.45) is 0 Å². The zero-order valence-electron chi connectivity index (χ0n) is 20.4. The summed E-state index contributed by atoms with van der Waals surface area (Å²) in [6, 6.07) is 0. The van der Waals surface area contributed by atoms with Gasteiger partial charge in [0, 0.05) is 12.7 Å². The summed E-state index contributed by atoms with van der Waals surface area (Å²) in [7, 11) is 2.42. The molecule has 0 saturated carbocycles. The fourth-order valence-corrected chi connectivity index (χ4v) is 2.97. The topological polar surface area (TPSA) is 83.5 Å². The van der Waals surface area contributed by atoms with Gasteiger partial charge in [0.05, 0.1) is 31.3 Å². The summed E-state index contributed by atoms with van der Waals surface area (Å²) >= 11 is 0. The molecular formula is C23H49NO5S. The van der Waals surface area contributed by atoms with Crippen molar-refractivity contribution in [3.63, 3.8) is 0 Å². The van der Waals surface area contributed by atoms with Crippen LogP contribution in [0.2, 0.25) is 0 Å². The number of likely N-dealkylation sites (N-methyl/N-ethyl adjacent to an activating group) is 1. The molecular weight excluding hydrogens is 402 g/mol. The van der Waals surface area contributed by atoms with Gasteiger partial charge < -0.3 is 13.8 Å². The summed E-state index contributed by atoms with van der Waals surface area (Å²) in [5.74, 6) is -0.0209. The third kappa shape index (κ3) is 38.0. The number of carbonyl (C=O) groups excluding carboxylic acids is 1. The lowest BCUT2D eigenvalue weighted by Crippen LogP contribution is -2.37. The van der Waals surface area contributed by atoms with E-state index >= 15 is 0 Å². The summed E-state index contributed by atoms with van der Waals surface area (Å²) in [4.78, 5) is 11.6. The maximum atomic E-state index is 11.6. The highest BCUT2D eigenvalue weighted by Gasteiger charge is 2.09. The van der Waals surface area contributed by atoms with Crippen molar-refractivity contribution >= 4 is 16.1 Å². The Labute approximate surface area is 187 Å². The van der Waals surface area contributed by atoms with E-state index in [-0.39, 0.29) is 5.97 Å². The van der Waals surface area contributed by atoms with E-state index in [2.05, 4.69) is 28.1 Å². The lowest BCUT2D eigenvalue weighted by Gasteiger charge is -2.23. The van der Waals surface area contributed by atoms with Crippen LogP contribution in [0.4, 0.5) is 0 Å². The minimum atomic E-state index is -3.92. The van der Waals surface area contributed by atoms with Crippen LogP contribution in [0.15, 0.2) is 0 Å². The first-order valence-electron chi connectivity index (χ1n) is 11.8. The first-order valence-corrected chi connectivity index (χ1v) is 13.6. The van der Waals surface area contributed by atoms with Gasteiger partial charge in [-0.2, -0.15) is 0 Å². The van der Waals surface area contributed by atoms with Crippen LogP contribution in [0.3, 0.4) is 0 Å². The molecule has 0 fully saturated rings. The standard InChI is InChI=1S/C22H46NO2.CH4O3S/c1-5-6-7-8-9-10-11-12-13-14-15-16-17-18-19-22(24)25-21-20-23(2,3)4;1-5(2,3)4/h5-21H2,1-4H3;1H3,(H,2,3,4)/q+1;/p-1. The molecule has 0 aromatic heterocycles. The lowest BCUT2D eigenvalue weighted by molar-refractivity contribution is -0.870. The van der Waals surface area contributed by atoms with E-state index in [1.165, 1.54) is 83.5 Å². The minimum absolute atomic E-state index is 0.0209. The highest BCUT2D eigenvalue weighted by Crippen LogP contribution is 2.13. The van der Waals surface area contributed by atoms with Crippen LogP contribution in [-0.2, 0) is 19.6 Å². The van der Waals surface area contributed by atoms with Crippen LogP contribution >= 0.6 is 0 Å². The maximum absolute atomic E-state index is 11.6. The smallest absolute Gasteiger partial charge is 0.305 e. The largest absolute Gasteiger partial charge is 0.748 e. The molecule has 0 spiro atoms. The van der Waals surface area contributed by atoms with Gasteiger partial charge in [0.25, 0.3) is 0 Å². The highest BCUT2D eigenvalue weighted by atomic mass is 32.2. The molecule has 182 valence electrons. The number of carbonyl (C=O) groups is 1. The van der Waals surface area contributed by atoms with Gasteiger partial charge in [-0.25, -0.2) is 8.42 Å². The second-order valence-corrected chi connectivity index (χ2v) is 10.7. The SMILES string of the molecule is CCCCCCCCCCCCCCCCC(=O)OCC[N+](C)(C)C.CS(=O)(=O)[O-]. The molecule has 0 amide bonds. The van der Waals surface area contributed by atoms with E-state index in [4.69, 9.17) is 17.7 Å². The van der Waals surface area contributed by atoms with Crippen molar-refractivity contribution in [3.05, 3.63) is 0 Å². The van der Waals surface area contributed by atoms with E-state index in [1.54, 1.807) is 0 Å². The number of hydrogen-bond acceptors (Lipinski definition) is 5. The van der Waals surface area contributed by atoms with Gasteiger partial charge in [-0.05, 0) is 6.42 Å². The van der Waals surface area contributed by atoms with E-state index in [1.807, 2.05) is 0 Å². The molecule has 0 aliphatic heterocycles. The predicted octanol–water partition coefficient (Wildman–Crippen LogP) is 5.27. The second kappa shape index (κ2) is 20.3. The fraction of sp³-hybridized carbons (Fsp3) is 0.957. The first-order chi connectivity index (χ1) is 14.0. The van der Waals surface area contributed by atoms with Gasteiger partial charge in [0.2, 0.25) is 0 Å². The molecule has 0 aromatic rings. The third-order valence-corrected chi connectivity index (χ3v) is 4.76. The van der Waals surface area contributed by atoms with Gasteiger partial charge in [0.15, 0.2) is 0 Å². The molecule has 0 unspecified atom stereocenters. The van der Waals surface area contributed by atoms with E-state index in [9.17, 15) is 4.79 Å². The Morgan fingerprint density at radius 1 is 0.767 bits per heavy atom. The van der Waals surface area contributed by atoms with Crippen LogP contribution in [0, 0.1) is 0 Å². The van der Waals surface area contributed by atoms with Crippen LogP contribution in [0.1, 0.15) is 103 Å². The maximum Gasteiger partial charge on any atom is 0.305 e. The van der Waals surface area contributed by atoms with Gasteiger partial charge in [0.1, 0.15) is 13.2 Å². The number of unbranched alkanes of at least 4 members (excludes halogenated alkanes) is 13. The van der Waals surface area contributed by atoms with Crippen LogP contribution in [-0.4, -0.2) is 64.0 Å². The molecule has 0 aliphatic rings. The van der Waals surface area contributed by atoms with Gasteiger partial charge in [-0.15, -0.1) is 0 Å². The molecule has 30 heavy (non-hydrogen) atoms. The van der Waals surface area contributed by atoms with Crippen LogP contribution in [0.25, 0.3) is 0 Å². The first kappa shape index (κ1) is 31.5. The molecule has 0 rings (SSSR count). The molecule has 0 N–H and O–H groups in total. The molecule has 0 heterocycles. The van der Waals surface area contributed by atoms with E-state index < -0.39 is 10.1 Å². The van der Waals surface area contributed by atoms with Crippen molar-refractivity contribution in [2.75, 3.05) is 40.6 Å². The van der Waals surface area contributed by atoms with Crippen LogP contribution in [0.5, 0.6) is 0 Å². The van der Waals surface area contributed by atoms with Crippen molar-refractivity contribution < 1.29 is 27.0 Å². The predicted molar refractivity (Wildman–Crippen MR) is 124 cm³/mol. The molecule has 0 atom stereocenters. The van der Waals surface area contributed by atoms with Crippen molar-refractivity contribution in [2.45, 2.75) is 103 Å². The number of nitrogens with zero attached hydrogens (tertiary/aromatic N) is 1. The van der Waals surface area contributed by atoms with Crippen molar-refractivity contribution in [3.8, 4) is 0 Å². The second-order valence-electron chi connectivity index (χ2n) is 9.28. The van der Waals surface area contributed by atoms with Gasteiger partial charge in [-0.3, -0.25) is 4.79 Å².